The minimum Gasteiger partial charge on any atom is -0.497 e. The van der Waals surface area contributed by atoms with Crippen molar-refractivity contribution in [1.29, 1.82) is 0 Å². The van der Waals surface area contributed by atoms with Gasteiger partial charge in [-0.05, 0) is 30.0 Å². The number of anilines is 1. The van der Waals surface area contributed by atoms with Gasteiger partial charge in [0, 0.05) is 49.9 Å². The lowest BCUT2D eigenvalue weighted by Gasteiger charge is -2.38. The Morgan fingerprint density at radius 2 is 2.06 bits per heavy atom. The van der Waals surface area contributed by atoms with Gasteiger partial charge in [0.05, 0.1) is 13.2 Å². The van der Waals surface area contributed by atoms with E-state index in [2.05, 4.69) is 27.7 Å². The Morgan fingerprint density at radius 3 is 2.81 bits per heavy atom. The van der Waals surface area contributed by atoms with Crippen molar-refractivity contribution in [3.05, 3.63) is 59.7 Å². The number of hydrogen-bond donors (Lipinski definition) is 4. The van der Waals surface area contributed by atoms with Crippen molar-refractivity contribution in [2.24, 2.45) is 10.7 Å². The molecule has 0 amide bonds. The fourth-order valence-electron chi connectivity index (χ4n) is 4.36. The summed E-state index contributed by atoms with van der Waals surface area (Å²) in [6.07, 6.45) is 1.75. The van der Waals surface area contributed by atoms with Gasteiger partial charge in [0.25, 0.3) is 0 Å². The first-order chi connectivity index (χ1) is 15.0. The summed E-state index contributed by atoms with van der Waals surface area (Å²) in [5.41, 5.74) is 8.90. The number of fused-ring (bicyclic) bond motifs is 1. The van der Waals surface area contributed by atoms with Crippen LogP contribution in [0.15, 0.2) is 53.5 Å². The van der Waals surface area contributed by atoms with Gasteiger partial charge in [-0.25, -0.2) is 4.99 Å². The lowest BCUT2D eigenvalue weighted by atomic mass is 9.91. The number of nitrogens with zero attached hydrogens (tertiary/aromatic N) is 2. The highest BCUT2D eigenvalue weighted by Crippen LogP contribution is 2.36. The maximum absolute atomic E-state index is 11.0. The van der Waals surface area contributed by atoms with Crippen molar-refractivity contribution in [3.8, 4) is 5.75 Å². The number of para-hydroxylation sites is 1. The number of aliphatic hydroxyl groups excluding tert-OH is 1. The maximum atomic E-state index is 11.0. The number of thioether (sulfide) groups is 1. The number of benzene rings is 2. The number of ether oxygens (including phenoxy) is 1. The van der Waals surface area contributed by atoms with Gasteiger partial charge in [-0.3, -0.25) is 4.90 Å². The molecule has 3 atom stereocenters. The van der Waals surface area contributed by atoms with Crippen molar-refractivity contribution in [2.75, 3.05) is 44.9 Å². The fourth-order valence-corrected chi connectivity index (χ4v) is 4.83. The molecule has 2 aliphatic heterocycles. The number of methoxy groups -OCH3 is 1. The molecule has 1 fully saturated rings. The van der Waals surface area contributed by atoms with E-state index in [9.17, 15) is 5.11 Å². The Hall–Kier alpha value is -2.10. The molecule has 0 aliphatic carbocycles. The van der Waals surface area contributed by atoms with E-state index in [0.29, 0.717) is 13.0 Å². The molecule has 2 aliphatic rings. The number of nitrogens with one attached hydrogen (secondary N) is 2. The summed E-state index contributed by atoms with van der Waals surface area (Å²) in [5.74, 6) is 0.854. The molecule has 166 valence electrons. The SMILES string of the molecule is COc1ccc(C2CN(C[C@@H](O)CC3(N)N=C(SC)Nc4ccccc43)CCN2)cc1. The zero-order valence-electron chi connectivity index (χ0n) is 18.0. The topological polar surface area (TPSA) is 95.1 Å². The number of amidine groups is 1. The molecule has 2 unspecified atom stereocenters. The predicted octanol–water partition coefficient (Wildman–Crippen LogP) is 2.35. The minimum atomic E-state index is -0.941. The van der Waals surface area contributed by atoms with Crippen LogP contribution in [0.5, 0.6) is 5.75 Å². The second-order valence-electron chi connectivity index (χ2n) is 8.11. The Morgan fingerprint density at radius 1 is 1.29 bits per heavy atom. The first-order valence-corrected chi connectivity index (χ1v) is 11.8. The maximum Gasteiger partial charge on any atom is 0.162 e. The molecule has 4 rings (SSSR count). The average Bonchev–Trinajstić information content (AvgIpc) is 2.79. The van der Waals surface area contributed by atoms with E-state index in [1.165, 1.54) is 17.3 Å². The van der Waals surface area contributed by atoms with Crippen molar-refractivity contribution in [1.82, 2.24) is 10.2 Å². The van der Waals surface area contributed by atoms with E-state index in [4.69, 9.17) is 15.5 Å². The molecule has 2 aromatic carbocycles. The molecule has 0 saturated carbocycles. The molecule has 0 aromatic heterocycles. The van der Waals surface area contributed by atoms with E-state index in [1.54, 1.807) is 7.11 Å². The summed E-state index contributed by atoms with van der Waals surface area (Å²) in [7, 11) is 1.67. The van der Waals surface area contributed by atoms with Crippen molar-refractivity contribution in [2.45, 2.75) is 24.2 Å². The van der Waals surface area contributed by atoms with E-state index < -0.39 is 11.8 Å². The van der Waals surface area contributed by atoms with Crippen LogP contribution < -0.4 is 21.1 Å². The molecular formula is C23H31N5O2S. The normalized spacial score (nSPS) is 24.6. The standard InChI is InChI=1S/C23H31N5O2S/c1-30-18-9-7-16(8-10-18)21-15-28(12-11-25-21)14-17(29)13-23(24)19-5-3-4-6-20(19)26-22(27-23)31-2/h3-10,17,21,25,29H,11-15,24H2,1-2H3,(H,26,27)/t17-,21?,23?/m0/s1. The molecule has 8 heteroatoms. The molecule has 2 aromatic rings. The second kappa shape index (κ2) is 9.58. The highest BCUT2D eigenvalue weighted by atomic mass is 32.2. The van der Waals surface area contributed by atoms with Crippen LogP contribution in [0.2, 0.25) is 0 Å². The molecule has 7 nitrogen and oxygen atoms in total. The number of aliphatic imine (C=N–C) groups is 1. The molecule has 0 radical (unpaired) electrons. The number of aliphatic hydroxyl groups is 1. The van der Waals surface area contributed by atoms with Crippen LogP contribution in [0.4, 0.5) is 5.69 Å². The Balaban J connectivity index is 1.42. The summed E-state index contributed by atoms with van der Waals surface area (Å²) in [6, 6.07) is 16.3. The summed E-state index contributed by atoms with van der Waals surface area (Å²) in [5, 5.41) is 18.6. The number of hydrogen-bond acceptors (Lipinski definition) is 8. The lowest BCUT2D eigenvalue weighted by Crippen LogP contribution is -2.50. The largest absolute Gasteiger partial charge is 0.497 e. The van der Waals surface area contributed by atoms with Crippen LogP contribution in [0.25, 0.3) is 0 Å². The summed E-state index contributed by atoms with van der Waals surface area (Å²) >= 11 is 1.52. The van der Waals surface area contributed by atoms with Gasteiger partial charge in [-0.2, -0.15) is 0 Å². The quantitative estimate of drug-likeness (QED) is 0.547. The van der Waals surface area contributed by atoms with Gasteiger partial charge in [0.2, 0.25) is 0 Å². The Labute approximate surface area is 188 Å². The average molecular weight is 442 g/mol. The number of rotatable bonds is 6. The first kappa shape index (κ1) is 22.1. The zero-order chi connectivity index (χ0) is 21.8. The van der Waals surface area contributed by atoms with Crippen LogP contribution >= 0.6 is 11.8 Å². The van der Waals surface area contributed by atoms with Crippen molar-refractivity contribution in [3.63, 3.8) is 0 Å². The molecular weight excluding hydrogens is 410 g/mol. The molecule has 1 saturated heterocycles. The van der Waals surface area contributed by atoms with E-state index in [0.717, 1.165) is 41.8 Å². The molecule has 5 N–H and O–H groups in total. The zero-order valence-corrected chi connectivity index (χ0v) is 18.9. The van der Waals surface area contributed by atoms with Gasteiger partial charge < -0.3 is 26.2 Å². The van der Waals surface area contributed by atoms with Crippen LogP contribution in [0, 0.1) is 0 Å². The fraction of sp³-hybridized carbons (Fsp3) is 0.435. The van der Waals surface area contributed by atoms with Gasteiger partial charge >= 0.3 is 0 Å². The minimum absolute atomic E-state index is 0.222. The molecule has 31 heavy (non-hydrogen) atoms. The lowest BCUT2D eigenvalue weighted by molar-refractivity contribution is 0.0713. The third-order valence-electron chi connectivity index (χ3n) is 5.92. The first-order valence-electron chi connectivity index (χ1n) is 10.6. The summed E-state index contributed by atoms with van der Waals surface area (Å²) in [4.78, 5) is 7.03. The molecule has 0 spiro atoms. The third-order valence-corrected chi connectivity index (χ3v) is 6.50. The van der Waals surface area contributed by atoms with Gasteiger partial charge in [0.15, 0.2) is 5.17 Å². The monoisotopic (exact) mass is 441 g/mol. The van der Waals surface area contributed by atoms with E-state index in [1.807, 2.05) is 42.7 Å². The van der Waals surface area contributed by atoms with Crippen LogP contribution in [-0.4, -0.2) is 60.8 Å². The summed E-state index contributed by atoms with van der Waals surface area (Å²) in [6.45, 7) is 3.16. The second-order valence-corrected chi connectivity index (χ2v) is 8.91. The molecule has 2 heterocycles. The predicted molar refractivity (Wildman–Crippen MR) is 128 cm³/mol. The van der Waals surface area contributed by atoms with E-state index >= 15 is 0 Å². The van der Waals surface area contributed by atoms with Crippen LogP contribution in [-0.2, 0) is 5.66 Å². The number of nitrogens with two attached hydrogens (primary N) is 1. The van der Waals surface area contributed by atoms with E-state index in [-0.39, 0.29) is 6.04 Å². The van der Waals surface area contributed by atoms with Crippen LogP contribution in [0.1, 0.15) is 23.6 Å². The Bertz CT molecular complexity index is 922. The van der Waals surface area contributed by atoms with Gasteiger partial charge in [-0.15, -0.1) is 0 Å². The smallest absolute Gasteiger partial charge is 0.162 e. The summed E-state index contributed by atoms with van der Waals surface area (Å²) < 4.78 is 5.26. The number of piperazine rings is 1. The third kappa shape index (κ3) is 5.05. The highest BCUT2D eigenvalue weighted by Gasteiger charge is 2.36. The van der Waals surface area contributed by atoms with Crippen molar-refractivity contribution < 1.29 is 9.84 Å². The van der Waals surface area contributed by atoms with Gasteiger partial charge in [-0.1, -0.05) is 42.1 Å². The van der Waals surface area contributed by atoms with Gasteiger partial charge in [0.1, 0.15) is 11.4 Å². The molecule has 0 bridgehead atoms. The highest BCUT2D eigenvalue weighted by molar-refractivity contribution is 8.13. The Kier molecular flexibility index (Phi) is 6.83. The van der Waals surface area contributed by atoms with Crippen LogP contribution in [0.3, 0.4) is 0 Å². The number of β-amino-alcohol motifs (C(OH)–C–C–N with tert-alkyl or cyclic N) is 1. The van der Waals surface area contributed by atoms with Crippen molar-refractivity contribution >= 4 is 22.6 Å².